The third kappa shape index (κ3) is 16.6. The molecule has 0 aliphatic rings. The summed E-state index contributed by atoms with van der Waals surface area (Å²) >= 11 is 0. The third-order valence-electron chi connectivity index (χ3n) is 0.0942. The van der Waals surface area contributed by atoms with Crippen LogP contribution in [0.25, 0.3) is 0 Å². The molecule has 0 saturated carbocycles. The van der Waals surface area contributed by atoms with Crippen LogP contribution in [0.4, 0.5) is 0 Å². The van der Waals surface area contributed by atoms with Crippen molar-refractivity contribution in [1.82, 2.24) is 0 Å². The maximum absolute atomic E-state index is 9.05. The predicted molar refractivity (Wildman–Crippen MR) is 10.9 cm³/mol. The summed E-state index contributed by atoms with van der Waals surface area (Å²) in [5.41, 5.74) is 0. The molecule has 0 radical (unpaired) electrons. The SMILES string of the molecule is O=P([O-])(O)O[O-].[Cs+].[Cs+]. The molecule has 0 fully saturated rings. The predicted octanol–water partition coefficient (Wildman–Crippen LogP) is -8.25. The molecule has 1 atom stereocenters. The van der Waals surface area contributed by atoms with E-state index in [4.69, 9.17) is 19.6 Å². The average molecular weight is 378 g/mol. The van der Waals surface area contributed by atoms with Crippen LogP contribution in [0.3, 0.4) is 0 Å². The minimum Gasteiger partial charge on any atom is -0.757 e. The van der Waals surface area contributed by atoms with Gasteiger partial charge in [0.1, 0.15) is 0 Å². The van der Waals surface area contributed by atoms with E-state index < -0.39 is 7.82 Å². The maximum atomic E-state index is 9.05. The second kappa shape index (κ2) is 9.26. The van der Waals surface area contributed by atoms with Gasteiger partial charge in [-0.05, 0) is 0 Å². The normalized spacial score (nSPS) is 14.9. The Hall–Kier alpha value is 4.17. The zero-order valence-electron chi connectivity index (χ0n) is 4.53. The molecule has 0 bridgehead atoms. The Kier molecular flexibility index (Phi) is 20.9. The van der Waals surface area contributed by atoms with Crippen LogP contribution in [-0.4, -0.2) is 4.89 Å². The monoisotopic (exact) mass is 378 g/mol. The van der Waals surface area contributed by atoms with Crippen molar-refractivity contribution < 1.29 is 162 Å². The van der Waals surface area contributed by atoms with E-state index >= 15 is 0 Å². The van der Waals surface area contributed by atoms with Crippen LogP contribution in [0.5, 0.6) is 0 Å². The first-order valence-electron chi connectivity index (χ1n) is 0.914. The molecule has 0 aliphatic carbocycles. The number of rotatable bonds is 1. The molecule has 38 valence electrons. The summed E-state index contributed by atoms with van der Waals surface area (Å²) in [5, 5.41) is 8.63. The summed E-state index contributed by atoms with van der Waals surface area (Å²) in [5.74, 6) is 0. The van der Waals surface area contributed by atoms with Gasteiger partial charge in [0, 0.05) is 0 Å². The van der Waals surface area contributed by atoms with Crippen LogP contribution < -0.4 is 148 Å². The smallest absolute Gasteiger partial charge is 0.757 e. The summed E-state index contributed by atoms with van der Waals surface area (Å²) < 4.78 is 11.3. The van der Waals surface area contributed by atoms with Crippen molar-refractivity contribution in [2.24, 2.45) is 0 Å². The molecule has 0 aliphatic heterocycles. The summed E-state index contributed by atoms with van der Waals surface area (Å²) in [6, 6.07) is 0. The van der Waals surface area contributed by atoms with Gasteiger partial charge in [-0.25, -0.2) is 0 Å². The molecule has 0 aromatic rings. The molecule has 0 aromatic carbocycles. The molecule has 0 aromatic heterocycles. The van der Waals surface area contributed by atoms with Crippen LogP contribution in [0.15, 0.2) is 0 Å². The van der Waals surface area contributed by atoms with E-state index in [0.717, 1.165) is 0 Å². The Labute approximate surface area is 164 Å². The molecular formula is HCs2O5P. The van der Waals surface area contributed by atoms with Gasteiger partial charge in [0.25, 0.3) is 7.82 Å². The molecule has 1 unspecified atom stereocenters. The Morgan fingerprint density at radius 2 is 1.62 bits per heavy atom. The molecule has 8 heavy (non-hydrogen) atoms. The minimum atomic E-state index is -4.95. The topological polar surface area (TPSA) is 92.7 Å². The van der Waals surface area contributed by atoms with Crippen LogP contribution in [0.1, 0.15) is 0 Å². The Bertz CT molecular complexity index is 74.5. The van der Waals surface area contributed by atoms with E-state index in [1.165, 1.54) is 0 Å². The van der Waals surface area contributed by atoms with E-state index in [1.807, 2.05) is 0 Å². The Morgan fingerprint density at radius 1 is 1.50 bits per heavy atom. The average Bonchev–Trinajstić information content (AvgIpc) is 1.35. The first-order chi connectivity index (χ1) is 2.56. The molecular weight excluding hydrogens is 377 g/mol. The van der Waals surface area contributed by atoms with Gasteiger partial charge in [-0.3, -0.25) is 4.57 Å². The second-order valence-electron chi connectivity index (χ2n) is 0.543. The van der Waals surface area contributed by atoms with E-state index in [-0.39, 0.29) is 138 Å². The van der Waals surface area contributed by atoms with Gasteiger partial charge in [0.05, 0.1) is 0 Å². The minimum absolute atomic E-state index is 0. The Morgan fingerprint density at radius 3 is 1.62 bits per heavy atom. The second-order valence-corrected chi connectivity index (χ2v) is 1.63. The molecule has 0 amide bonds. The van der Waals surface area contributed by atoms with Gasteiger partial charge < -0.3 is 19.7 Å². The fourth-order valence-electron chi connectivity index (χ4n) is 0. The molecule has 0 saturated heterocycles. The van der Waals surface area contributed by atoms with E-state index in [2.05, 4.69) is 4.67 Å². The van der Waals surface area contributed by atoms with E-state index in [9.17, 15) is 0 Å². The summed E-state index contributed by atoms with van der Waals surface area (Å²) in [6.07, 6.45) is 0. The van der Waals surface area contributed by atoms with Crippen molar-refractivity contribution in [3.63, 3.8) is 0 Å². The number of phosphoric acid groups is 1. The third-order valence-corrected chi connectivity index (χ3v) is 0.283. The van der Waals surface area contributed by atoms with E-state index in [1.54, 1.807) is 0 Å². The van der Waals surface area contributed by atoms with Crippen molar-refractivity contribution in [3.8, 4) is 0 Å². The quantitative estimate of drug-likeness (QED) is 0.278. The van der Waals surface area contributed by atoms with Gasteiger partial charge in [-0.15, -0.1) is 0 Å². The van der Waals surface area contributed by atoms with Crippen molar-refractivity contribution in [2.45, 2.75) is 0 Å². The zero-order valence-corrected chi connectivity index (χ0v) is 18.0. The summed E-state index contributed by atoms with van der Waals surface area (Å²) in [4.78, 5) is 16.3. The van der Waals surface area contributed by atoms with Crippen molar-refractivity contribution in [3.05, 3.63) is 0 Å². The molecule has 5 nitrogen and oxygen atoms in total. The van der Waals surface area contributed by atoms with Crippen LogP contribution >= 0.6 is 7.82 Å². The van der Waals surface area contributed by atoms with Crippen molar-refractivity contribution in [1.29, 1.82) is 0 Å². The molecule has 0 rings (SSSR count). The molecule has 8 heteroatoms. The number of hydrogen-bond donors (Lipinski definition) is 1. The first-order valence-corrected chi connectivity index (χ1v) is 2.41. The van der Waals surface area contributed by atoms with Crippen LogP contribution in [-0.2, 0) is 9.24 Å². The number of hydrogen-bond acceptors (Lipinski definition) is 4. The van der Waals surface area contributed by atoms with Crippen LogP contribution in [0.2, 0.25) is 0 Å². The first kappa shape index (κ1) is 18.1. The molecule has 1 N–H and O–H groups in total. The summed E-state index contributed by atoms with van der Waals surface area (Å²) in [7, 11) is -4.95. The molecule has 0 spiro atoms. The van der Waals surface area contributed by atoms with Gasteiger partial charge in [-0.2, -0.15) is 0 Å². The fourth-order valence-corrected chi connectivity index (χ4v) is 0. The van der Waals surface area contributed by atoms with Gasteiger partial charge in [0.15, 0.2) is 0 Å². The fraction of sp³-hybridized carbons (Fsp3) is 0. The molecule has 0 heterocycles. The van der Waals surface area contributed by atoms with Gasteiger partial charge in [-0.1, -0.05) is 0 Å². The maximum Gasteiger partial charge on any atom is 1.00 e. The van der Waals surface area contributed by atoms with Gasteiger partial charge >= 0.3 is 138 Å². The van der Waals surface area contributed by atoms with Crippen molar-refractivity contribution >= 4 is 7.82 Å². The van der Waals surface area contributed by atoms with Crippen LogP contribution in [0, 0.1) is 0 Å². The van der Waals surface area contributed by atoms with E-state index in [0.29, 0.717) is 0 Å². The van der Waals surface area contributed by atoms with Gasteiger partial charge in [0.2, 0.25) is 0 Å². The largest absolute Gasteiger partial charge is 1.00 e. The van der Waals surface area contributed by atoms with Crippen molar-refractivity contribution in [2.75, 3.05) is 0 Å². The summed E-state index contributed by atoms with van der Waals surface area (Å²) in [6.45, 7) is 0. The Balaban J connectivity index is -0.000000125. The zero-order chi connectivity index (χ0) is 5.21. The standard InChI is InChI=1S/2Cs.H3O5P/c;;1-5-6(2,3)4/h;;1H,(H2,2,3,4)/q2*+1;/p-2.